The summed E-state index contributed by atoms with van der Waals surface area (Å²) in [7, 11) is 1.73. The van der Waals surface area contributed by atoms with Crippen molar-refractivity contribution in [2.75, 3.05) is 11.9 Å². The van der Waals surface area contributed by atoms with Crippen molar-refractivity contribution in [1.29, 1.82) is 0 Å². The maximum atomic E-state index is 12.5. The number of likely N-dealkylation sites (N-methyl/N-ethyl adjacent to an activating group) is 1. The van der Waals surface area contributed by atoms with E-state index in [1.54, 1.807) is 30.1 Å². The predicted octanol–water partition coefficient (Wildman–Crippen LogP) is 2.98. The van der Waals surface area contributed by atoms with Crippen LogP contribution in [0.3, 0.4) is 0 Å². The Kier molecular flexibility index (Phi) is 3.53. The fourth-order valence-electron chi connectivity index (χ4n) is 2.82. The fraction of sp³-hybridized carbons (Fsp3) is 0.278. The van der Waals surface area contributed by atoms with E-state index in [4.69, 9.17) is 4.74 Å². The molecule has 0 saturated carbocycles. The lowest BCUT2D eigenvalue weighted by molar-refractivity contribution is -0.125. The highest BCUT2D eigenvalue weighted by Gasteiger charge is 2.32. The van der Waals surface area contributed by atoms with Gasteiger partial charge in [0, 0.05) is 19.5 Å². The van der Waals surface area contributed by atoms with Crippen molar-refractivity contribution < 1.29 is 14.6 Å². The quantitative estimate of drug-likeness (QED) is 0.927. The van der Waals surface area contributed by atoms with Crippen LogP contribution in [0.4, 0.5) is 5.69 Å². The van der Waals surface area contributed by atoms with Crippen LogP contribution in [-0.4, -0.2) is 24.2 Å². The Morgan fingerprint density at radius 2 is 1.95 bits per heavy atom. The summed E-state index contributed by atoms with van der Waals surface area (Å²) in [6, 6.07) is 11.0. The van der Waals surface area contributed by atoms with Crippen molar-refractivity contribution in [3.05, 3.63) is 53.1 Å². The molecule has 2 aromatic carbocycles. The zero-order chi connectivity index (χ0) is 15.9. The van der Waals surface area contributed by atoms with Crippen LogP contribution in [0.2, 0.25) is 0 Å². The Morgan fingerprint density at radius 3 is 2.68 bits per heavy atom. The minimum absolute atomic E-state index is 0.0711. The van der Waals surface area contributed by atoms with Gasteiger partial charge in [-0.05, 0) is 37.1 Å². The smallest absolute Gasteiger partial charge is 0.268 e. The lowest BCUT2D eigenvalue weighted by atomic mass is 9.99. The van der Waals surface area contributed by atoms with E-state index in [2.05, 4.69) is 6.07 Å². The summed E-state index contributed by atoms with van der Waals surface area (Å²) >= 11 is 0. The van der Waals surface area contributed by atoms with Crippen molar-refractivity contribution in [3.8, 4) is 11.5 Å². The van der Waals surface area contributed by atoms with E-state index >= 15 is 0 Å². The predicted molar refractivity (Wildman–Crippen MR) is 85.6 cm³/mol. The molecule has 1 aliphatic rings. The van der Waals surface area contributed by atoms with Crippen molar-refractivity contribution in [3.63, 3.8) is 0 Å². The molecule has 0 aromatic heterocycles. The molecule has 2 aromatic rings. The number of hydrogen-bond acceptors (Lipinski definition) is 3. The SMILES string of the molecule is Cc1ccc(CC2Oc3cc(O)ccc3N(C)C2=O)c(C)c1. The molecule has 1 N–H and O–H groups in total. The zero-order valence-corrected chi connectivity index (χ0v) is 13.0. The second kappa shape index (κ2) is 5.37. The van der Waals surface area contributed by atoms with E-state index in [9.17, 15) is 9.90 Å². The number of nitrogens with zero attached hydrogens (tertiary/aromatic N) is 1. The van der Waals surface area contributed by atoms with E-state index < -0.39 is 6.10 Å². The summed E-state index contributed by atoms with van der Waals surface area (Å²) in [4.78, 5) is 14.1. The van der Waals surface area contributed by atoms with Crippen LogP contribution in [-0.2, 0) is 11.2 Å². The minimum Gasteiger partial charge on any atom is -0.508 e. The molecule has 1 unspecified atom stereocenters. The van der Waals surface area contributed by atoms with Crippen molar-refractivity contribution >= 4 is 11.6 Å². The summed E-state index contributed by atoms with van der Waals surface area (Å²) in [5, 5.41) is 9.61. The standard InChI is InChI=1S/C18H19NO3/c1-11-4-5-13(12(2)8-11)9-17-18(21)19(3)15-7-6-14(20)10-16(15)22-17/h4-8,10,17,20H,9H2,1-3H3. The average Bonchev–Trinajstić information content (AvgIpc) is 2.47. The Bertz CT molecular complexity index is 739. The number of fused-ring (bicyclic) bond motifs is 1. The Morgan fingerprint density at radius 1 is 1.18 bits per heavy atom. The maximum absolute atomic E-state index is 12.5. The number of hydrogen-bond donors (Lipinski definition) is 1. The molecule has 0 bridgehead atoms. The molecule has 4 heteroatoms. The molecule has 1 atom stereocenters. The van der Waals surface area contributed by atoms with Crippen molar-refractivity contribution in [2.24, 2.45) is 0 Å². The van der Waals surface area contributed by atoms with Crippen LogP contribution in [0.15, 0.2) is 36.4 Å². The number of ether oxygens (including phenoxy) is 1. The second-order valence-electron chi connectivity index (χ2n) is 5.79. The number of benzene rings is 2. The summed E-state index contributed by atoms with van der Waals surface area (Å²) in [5.74, 6) is 0.599. The Hall–Kier alpha value is -2.49. The molecule has 0 radical (unpaired) electrons. The van der Waals surface area contributed by atoms with E-state index in [-0.39, 0.29) is 11.7 Å². The van der Waals surface area contributed by atoms with E-state index in [0.717, 1.165) is 11.1 Å². The van der Waals surface area contributed by atoms with Gasteiger partial charge >= 0.3 is 0 Å². The first-order valence-corrected chi connectivity index (χ1v) is 7.29. The highest BCUT2D eigenvalue weighted by Crippen LogP contribution is 2.36. The number of phenols is 1. The lowest BCUT2D eigenvalue weighted by Crippen LogP contribution is -2.45. The number of amides is 1. The van der Waals surface area contributed by atoms with Crippen LogP contribution in [0, 0.1) is 13.8 Å². The molecule has 0 spiro atoms. The van der Waals surface area contributed by atoms with Gasteiger partial charge in [0.25, 0.3) is 5.91 Å². The van der Waals surface area contributed by atoms with E-state index in [1.807, 2.05) is 26.0 Å². The highest BCUT2D eigenvalue weighted by molar-refractivity contribution is 5.99. The number of carbonyl (C=O) groups is 1. The first-order valence-electron chi connectivity index (χ1n) is 7.29. The van der Waals surface area contributed by atoms with Crippen LogP contribution < -0.4 is 9.64 Å². The maximum Gasteiger partial charge on any atom is 0.268 e. The van der Waals surface area contributed by atoms with Gasteiger partial charge in [-0.1, -0.05) is 23.8 Å². The molecule has 0 aliphatic carbocycles. The van der Waals surface area contributed by atoms with Gasteiger partial charge in [0.1, 0.15) is 11.5 Å². The topological polar surface area (TPSA) is 49.8 Å². The first-order chi connectivity index (χ1) is 10.5. The van der Waals surface area contributed by atoms with Gasteiger partial charge in [-0.3, -0.25) is 4.79 Å². The monoisotopic (exact) mass is 297 g/mol. The lowest BCUT2D eigenvalue weighted by Gasteiger charge is -2.32. The van der Waals surface area contributed by atoms with Crippen LogP contribution in [0.1, 0.15) is 16.7 Å². The highest BCUT2D eigenvalue weighted by atomic mass is 16.5. The van der Waals surface area contributed by atoms with Gasteiger partial charge in [0.05, 0.1) is 5.69 Å². The largest absolute Gasteiger partial charge is 0.508 e. The molecule has 3 rings (SSSR count). The van der Waals surface area contributed by atoms with Crippen LogP contribution >= 0.6 is 0 Å². The molecule has 22 heavy (non-hydrogen) atoms. The van der Waals surface area contributed by atoms with Crippen molar-refractivity contribution in [2.45, 2.75) is 26.4 Å². The summed E-state index contributed by atoms with van der Waals surface area (Å²) in [6.07, 6.45) is -0.0506. The average molecular weight is 297 g/mol. The number of phenolic OH excluding ortho intramolecular Hbond substituents is 1. The molecular weight excluding hydrogens is 278 g/mol. The molecule has 4 nitrogen and oxygen atoms in total. The minimum atomic E-state index is -0.569. The molecular formula is C18H19NO3. The van der Waals surface area contributed by atoms with E-state index in [0.29, 0.717) is 17.9 Å². The van der Waals surface area contributed by atoms with Crippen LogP contribution in [0.25, 0.3) is 0 Å². The molecule has 1 amide bonds. The molecule has 0 fully saturated rings. The third-order valence-corrected chi connectivity index (χ3v) is 4.08. The van der Waals surface area contributed by atoms with Gasteiger partial charge in [0.2, 0.25) is 0 Å². The molecule has 0 saturated heterocycles. The molecule has 1 aliphatic heterocycles. The number of carbonyl (C=O) groups excluding carboxylic acids is 1. The number of aromatic hydroxyl groups is 1. The van der Waals surface area contributed by atoms with Gasteiger partial charge in [-0.25, -0.2) is 0 Å². The van der Waals surface area contributed by atoms with Gasteiger partial charge in [0.15, 0.2) is 6.10 Å². The van der Waals surface area contributed by atoms with Crippen LogP contribution in [0.5, 0.6) is 11.5 Å². The Labute approximate surface area is 130 Å². The third kappa shape index (κ3) is 2.52. The van der Waals surface area contributed by atoms with Gasteiger partial charge in [-0.15, -0.1) is 0 Å². The van der Waals surface area contributed by atoms with Gasteiger partial charge in [-0.2, -0.15) is 0 Å². The van der Waals surface area contributed by atoms with Gasteiger partial charge < -0.3 is 14.7 Å². The summed E-state index contributed by atoms with van der Waals surface area (Å²) in [6.45, 7) is 4.09. The first kappa shape index (κ1) is 14.4. The fourth-order valence-corrected chi connectivity index (χ4v) is 2.82. The third-order valence-electron chi connectivity index (χ3n) is 4.08. The molecule has 114 valence electrons. The summed E-state index contributed by atoms with van der Waals surface area (Å²) < 4.78 is 5.83. The van der Waals surface area contributed by atoms with E-state index in [1.165, 1.54) is 5.56 Å². The Balaban J connectivity index is 1.90. The number of aryl methyl sites for hydroxylation is 2. The number of rotatable bonds is 2. The number of anilines is 1. The zero-order valence-electron chi connectivity index (χ0n) is 13.0. The molecule has 1 heterocycles. The normalized spacial score (nSPS) is 17.1. The van der Waals surface area contributed by atoms with Crippen molar-refractivity contribution in [1.82, 2.24) is 0 Å². The summed E-state index contributed by atoms with van der Waals surface area (Å²) in [5.41, 5.74) is 4.13. The second-order valence-corrected chi connectivity index (χ2v) is 5.79.